The Balaban J connectivity index is 1.25. The van der Waals surface area contributed by atoms with Gasteiger partial charge in [-0.2, -0.15) is 0 Å². The largest absolute Gasteiger partial charge is 0.361 e. The van der Waals surface area contributed by atoms with Crippen LogP contribution < -0.4 is 5.32 Å². The zero-order valence-corrected chi connectivity index (χ0v) is 35.4. The van der Waals surface area contributed by atoms with Gasteiger partial charge in [0.1, 0.15) is 0 Å². The molecule has 0 unspecified atom stereocenters. The van der Waals surface area contributed by atoms with Crippen LogP contribution in [0.4, 0.5) is 5.69 Å². The highest BCUT2D eigenvalue weighted by molar-refractivity contribution is 6.16. The molecule has 0 atom stereocenters. The van der Waals surface area contributed by atoms with Crippen molar-refractivity contribution in [1.29, 1.82) is 0 Å². The van der Waals surface area contributed by atoms with Crippen LogP contribution in [0.25, 0.3) is 66.9 Å². The van der Waals surface area contributed by atoms with Gasteiger partial charge in [0.25, 0.3) is 0 Å². The summed E-state index contributed by atoms with van der Waals surface area (Å²) in [5, 5.41) is 7.79. The van der Waals surface area contributed by atoms with E-state index in [4.69, 9.17) is 0 Å². The number of nitrogens with one attached hydrogen (secondary N) is 1. The molecule has 10 rings (SSSR count). The van der Waals surface area contributed by atoms with Gasteiger partial charge in [-0.3, -0.25) is 0 Å². The molecule has 0 radical (unpaired) electrons. The third kappa shape index (κ3) is 6.01. The van der Waals surface area contributed by atoms with E-state index in [2.05, 4.69) is 201 Å². The topological polar surface area (TPSA) is 21.9 Å². The van der Waals surface area contributed by atoms with Crippen LogP contribution in [0.15, 0.2) is 170 Å². The molecule has 2 aromatic heterocycles. The minimum absolute atomic E-state index is 0.0436. The van der Waals surface area contributed by atoms with Gasteiger partial charge in [0, 0.05) is 61.5 Å². The van der Waals surface area contributed by atoms with Crippen molar-refractivity contribution in [2.75, 3.05) is 5.32 Å². The SMILES string of the molecule is C=C/C=C\c1c(C(/C=C\C)=C/Nc2ccc3c4ccccc4n(C4=CC=CCC4)c3c2C2=C(C)CCC=C2)c2cc3c(cc2n1-c1ccccc1)C(C)(C)C1=C3C=CCC1. The van der Waals surface area contributed by atoms with Crippen molar-refractivity contribution in [1.82, 2.24) is 9.13 Å². The van der Waals surface area contributed by atoms with Gasteiger partial charge in [0.15, 0.2) is 0 Å². The first-order valence-corrected chi connectivity index (χ1v) is 21.8. The second-order valence-corrected chi connectivity index (χ2v) is 17.1. The van der Waals surface area contributed by atoms with E-state index in [0.29, 0.717) is 0 Å². The average molecular weight is 780 g/mol. The molecule has 0 spiro atoms. The fourth-order valence-corrected chi connectivity index (χ4v) is 10.4. The van der Waals surface area contributed by atoms with Gasteiger partial charge in [0.05, 0.1) is 22.2 Å². The summed E-state index contributed by atoms with van der Waals surface area (Å²) in [6.07, 6.45) is 35.5. The summed E-state index contributed by atoms with van der Waals surface area (Å²) >= 11 is 0. The molecule has 0 bridgehead atoms. The van der Waals surface area contributed by atoms with Gasteiger partial charge in [-0.05, 0) is 123 Å². The average Bonchev–Trinajstić information content (AvgIpc) is 3.87. The van der Waals surface area contributed by atoms with Crippen LogP contribution in [-0.2, 0) is 5.41 Å². The quantitative estimate of drug-likeness (QED) is 0.145. The number of allylic oxidation sites excluding steroid dienone is 17. The first-order valence-electron chi connectivity index (χ1n) is 21.8. The van der Waals surface area contributed by atoms with E-state index < -0.39 is 0 Å². The molecule has 1 N–H and O–H groups in total. The summed E-state index contributed by atoms with van der Waals surface area (Å²) in [7, 11) is 0. The van der Waals surface area contributed by atoms with E-state index in [1.165, 1.54) is 77.4 Å². The summed E-state index contributed by atoms with van der Waals surface area (Å²) < 4.78 is 5.00. The molecule has 60 heavy (non-hydrogen) atoms. The lowest BCUT2D eigenvalue weighted by Crippen LogP contribution is -2.17. The number of nitrogens with zero attached hydrogens (tertiary/aromatic N) is 2. The van der Waals surface area contributed by atoms with Crippen LogP contribution in [-0.4, -0.2) is 9.13 Å². The molecule has 0 aliphatic heterocycles. The zero-order valence-electron chi connectivity index (χ0n) is 35.4. The van der Waals surface area contributed by atoms with Crippen LogP contribution >= 0.6 is 0 Å². The molecule has 0 fully saturated rings. The molecular formula is C57H53N3. The molecule has 4 aromatic carbocycles. The fraction of sp³-hybridized carbons (Fsp3) is 0.193. The number of rotatable bonds is 9. The summed E-state index contributed by atoms with van der Waals surface area (Å²) in [5.41, 5.74) is 20.4. The predicted molar refractivity (Wildman–Crippen MR) is 260 cm³/mol. The van der Waals surface area contributed by atoms with Crippen molar-refractivity contribution in [3.63, 3.8) is 0 Å². The highest BCUT2D eigenvalue weighted by Crippen LogP contribution is 2.52. The van der Waals surface area contributed by atoms with E-state index in [1.807, 2.05) is 6.08 Å². The Kier molecular flexibility index (Phi) is 9.56. The Bertz CT molecular complexity index is 3040. The minimum Gasteiger partial charge on any atom is -0.361 e. The van der Waals surface area contributed by atoms with Gasteiger partial charge in [-0.1, -0.05) is 135 Å². The molecule has 296 valence electrons. The Morgan fingerprint density at radius 2 is 1.57 bits per heavy atom. The lowest BCUT2D eigenvalue weighted by atomic mass is 9.78. The first-order chi connectivity index (χ1) is 29.4. The number of aromatic nitrogens is 2. The lowest BCUT2D eigenvalue weighted by molar-refractivity contribution is 0.608. The molecule has 0 saturated carbocycles. The molecule has 0 saturated heterocycles. The number of para-hydroxylation sites is 2. The Labute approximate surface area is 354 Å². The van der Waals surface area contributed by atoms with E-state index in [9.17, 15) is 0 Å². The molecule has 6 aromatic rings. The summed E-state index contributed by atoms with van der Waals surface area (Å²) in [6, 6.07) is 29.4. The Hall–Kier alpha value is -6.58. The summed E-state index contributed by atoms with van der Waals surface area (Å²) in [5.74, 6) is 0. The normalized spacial score (nSPS) is 17.5. The number of hydrogen-bond acceptors (Lipinski definition) is 1. The van der Waals surface area contributed by atoms with Crippen molar-refractivity contribution in [3.8, 4) is 5.69 Å². The van der Waals surface area contributed by atoms with Gasteiger partial charge in [-0.15, -0.1) is 0 Å². The van der Waals surface area contributed by atoms with E-state index in [0.717, 1.165) is 61.2 Å². The molecule has 0 amide bonds. The third-order valence-electron chi connectivity index (χ3n) is 13.3. The van der Waals surface area contributed by atoms with Crippen molar-refractivity contribution < 1.29 is 0 Å². The van der Waals surface area contributed by atoms with E-state index in [1.54, 1.807) is 5.57 Å². The number of benzene rings is 4. The first kappa shape index (κ1) is 37.7. The molecule has 2 heterocycles. The highest BCUT2D eigenvalue weighted by atomic mass is 15.0. The highest BCUT2D eigenvalue weighted by Gasteiger charge is 2.38. The molecular weight excluding hydrogens is 727 g/mol. The lowest BCUT2D eigenvalue weighted by Gasteiger charge is -2.25. The third-order valence-corrected chi connectivity index (χ3v) is 13.3. The van der Waals surface area contributed by atoms with E-state index in [-0.39, 0.29) is 5.41 Å². The van der Waals surface area contributed by atoms with Crippen LogP contribution in [0, 0.1) is 0 Å². The van der Waals surface area contributed by atoms with Gasteiger partial charge >= 0.3 is 0 Å². The van der Waals surface area contributed by atoms with Gasteiger partial charge < -0.3 is 14.5 Å². The second kappa shape index (κ2) is 15.2. The molecule has 3 heteroatoms. The molecule has 4 aliphatic rings. The van der Waals surface area contributed by atoms with Crippen LogP contribution in [0.5, 0.6) is 0 Å². The maximum atomic E-state index is 4.11. The number of anilines is 1. The van der Waals surface area contributed by atoms with Crippen LogP contribution in [0.2, 0.25) is 0 Å². The summed E-state index contributed by atoms with van der Waals surface area (Å²) in [4.78, 5) is 0. The van der Waals surface area contributed by atoms with Crippen molar-refractivity contribution in [3.05, 3.63) is 198 Å². The number of hydrogen-bond donors (Lipinski definition) is 1. The molecule has 3 nitrogen and oxygen atoms in total. The van der Waals surface area contributed by atoms with E-state index >= 15 is 0 Å². The van der Waals surface area contributed by atoms with Crippen molar-refractivity contribution >= 4 is 66.9 Å². The van der Waals surface area contributed by atoms with Crippen molar-refractivity contribution in [2.24, 2.45) is 0 Å². The van der Waals surface area contributed by atoms with Gasteiger partial charge in [-0.25, -0.2) is 0 Å². The Morgan fingerprint density at radius 3 is 2.35 bits per heavy atom. The second-order valence-electron chi connectivity index (χ2n) is 17.1. The fourth-order valence-electron chi connectivity index (χ4n) is 10.4. The van der Waals surface area contributed by atoms with Crippen LogP contribution in [0.1, 0.15) is 94.2 Å². The number of fused-ring (bicyclic) bond motifs is 6. The standard InChI is InChI=1S/C57H53N3/c1-6-8-31-52-54(47-35-46-43-28-17-19-30-48(43)57(4,5)49(46)36-53(47)59(52)40-23-11-9-12-24-40)39(21-7-2)37-58-50-34-33-45-44-29-18-20-32-51(44)60(41-25-13-10-14-26-41)56(45)55(50)42-27-16-15-22-38(42)3/h6-13,16-18,20-21,23-25,27-29,31-37,58H,1,14-15,19,22,26,30H2,2-5H3/b21-7-,31-8-,39-37+. The zero-order chi connectivity index (χ0) is 41.0. The monoisotopic (exact) mass is 779 g/mol. The van der Waals surface area contributed by atoms with Crippen LogP contribution in [0.3, 0.4) is 0 Å². The predicted octanol–water partition coefficient (Wildman–Crippen LogP) is 15.7. The molecule has 4 aliphatic carbocycles. The maximum absolute atomic E-state index is 4.11. The maximum Gasteiger partial charge on any atom is 0.0637 e. The summed E-state index contributed by atoms with van der Waals surface area (Å²) in [6.45, 7) is 13.4. The Morgan fingerprint density at radius 1 is 0.783 bits per heavy atom. The smallest absolute Gasteiger partial charge is 0.0637 e. The minimum atomic E-state index is -0.0436. The van der Waals surface area contributed by atoms with Crippen molar-refractivity contribution in [2.45, 2.75) is 71.6 Å². The van der Waals surface area contributed by atoms with Gasteiger partial charge in [0.2, 0.25) is 0 Å².